The van der Waals surface area contributed by atoms with Gasteiger partial charge in [-0.3, -0.25) is 9.59 Å². The normalized spacial score (nSPS) is 13.1. The number of aliphatic carboxylic acids is 1. The molecule has 1 atom stereocenters. The summed E-state index contributed by atoms with van der Waals surface area (Å²) >= 11 is 0. The zero-order valence-corrected chi connectivity index (χ0v) is 28.4. The minimum atomic E-state index is -0.724. The zero-order valence-electron chi connectivity index (χ0n) is 28.4. The van der Waals surface area contributed by atoms with Crippen LogP contribution in [-0.4, -0.2) is 23.1 Å². The van der Waals surface area contributed by atoms with Crippen molar-refractivity contribution in [3.05, 3.63) is 72.9 Å². The summed E-state index contributed by atoms with van der Waals surface area (Å²) in [4.78, 5) is 23.2. The third kappa shape index (κ3) is 33.9. The van der Waals surface area contributed by atoms with Gasteiger partial charge in [-0.15, -0.1) is 0 Å². The second-order valence-electron chi connectivity index (χ2n) is 11.7. The van der Waals surface area contributed by atoms with E-state index >= 15 is 0 Å². The van der Waals surface area contributed by atoms with E-state index in [-0.39, 0.29) is 18.5 Å². The number of carbonyl (C=O) groups excluding carboxylic acids is 1. The van der Waals surface area contributed by atoms with Gasteiger partial charge in [-0.1, -0.05) is 145 Å². The molecule has 0 amide bonds. The fourth-order valence-electron chi connectivity index (χ4n) is 4.86. The topological polar surface area (TPSA) is 63.6 Å². The van der Waals surface area contributed by atoms with Crippen LogP contribution in [0.15, 0.2) is 72.9 Å². The summed E-state index contributed by atoms with van der Waals surface area (Å²) in [7, 11) is 0. The van der Waals surface area contributed by atoms with Crippen LogP contribution < -0.4 is 0 Å². The largest absolute Gasteiger partial charge is 0.481 e. The van der Waals surface area contributed by atoms with Crippen LogP contribution in [0.25, 0.3) is 0 Å². The maximum atomic E-state index is 12.5. The highest BCUT2D eigenvalue weighted by Crippen LogP contribution is 2.18. The van der Waals surface area contributed by atoms with Gasteiger partial charge in [-0.2, -0.15) is 0 Å². The third-order valence-electron chi connectivity index (χ3n) is 7.46. The quantitative estimate of drug-likeness (QED) is 0.0482. The van der Waals surface area contributed by atoms with Gasteiger partial charge in [-0.25, -0.2) is 0 Å². The van der Waals surface area contributed by atoms with Gasteiger partial charge in [0, 0.05) is 12.8 Å². The first-order chi connectivity index (χ1) is 21.6. The SMILES string of the molecule is CC/C=C\C/C=C\C/C=C\C/C=C\C/C=C\C/C=C\CCC(=O)OC(CCCCCCCCCC)CCCCCCC(=O)O. The lowest BCUT2D eigenvalue weighted by molar-refractivity contribution is -0.149. The molecular formula is C40H66O4. The third-order valence-corrected chi connectivity index (χ3v) is 7.46. The predicted octanol–water partition coefficient (Wildman–Crippen LogP) is 12.3. The van der Waals surface area contributed by atoms with Gasteiger partial charge < -0.3 is 9.84 Å². The van der Waals surface area contributed by atoms with Crippen molar-refractivity contribution >= 4 is 11.9 Å². The van der Waals surface area contributed by atoms with Crippen molar-refractivity contribution in [2.75, 3.05) is 0 Å². The molecule has 1 unspecified atom stereocenters. The highest BCUT2D eigenvalue weighted by atomic mass is 16.5. The second-order valence-corrected chi connectivity index (χ2v) is 11.7. The molecule has 250 valence electrons. The first-order valence-corrected chi connectivity index (χ1v) is 17.9. The van der Waals surface area contributed by atoms with Crippen molar-refractivity contribution in [3.8, 4) is 0 Å². The summed E-state index contributed by atoms with van der Waals surface area (Å²) < 4.78 is 5.89. The van der Waals surface area contributed by atoms with Crippen molar-refractivity contribution in [1.82, 2.24) is 0 Å². The van der Waals surface area contributed by atoms with Crippen molar-refractivity contribution in [3.63, 3.8) is 0 Å². The number of carbonyl (C=O) groups is 2. The molecule has 44 heavy (non-hydrogen) atoms. The summed E-state index contributed by atoms with van der Waals surface area (Å²) in [5.74, 6) is -0.821. The van der Waals surface area contributed by atoms with Crippen LogP contribution in [0.1, 0.15) is 162 Å². The Labute approximate surface area is 271 Å². The van der Waals surface area contributed by atoms with Crippen LogP contribution in [0.5, 0.6) is 0 Å². The molecule has 0 spiro atoms. The van der Waals surface area contributed by atoms with Crippen LogP contribution in [0, 0.1) is 0 Å². The number of rotatable bonds is 31. The molecule has 0 aliphatic carbocycles. The Morgan fingerprint density at radius 2 is 0.932 bits per heavy atom. The van der Waals surface area contributed by atoms with Crippen LogP contribution in [0.4, 0.5) is 0 Å². The van der Waals surface area contributed by atoms with Crippen molar-refractivity contribution in [1.29, 1.82) is 0 Å². The number of esters is 1. The number of ether oxygens (including phenoxy) is 1. The lowest BCUT2D eigenvalue weighted by Gasteiger charge is -2.18. The Morgan fingerprint density at radius 1 is 0.523 bits per heavy atom. The molecule has 0 bridgehead atoms. The molecule has 0 heterocycles. The van der Waals surface area contributed by atoms with Crippen LogP contribution >= 0.6 is 0 Å². The minimum absolute atomic E-state index is 0.00709. The molecular weight excluding hydrogens is 544 g/mol. The van der Waals surface area contributed by atoms with E-state index in [0.717, 1.165) is 83.5 Å². The number of allylic oxidation sites excluding steroid dienone is 12. The number of hydrogen-bond acceptors (Lipinski definition) is 3. The van der Waals surface area contributed by atoms with Gasteiger partial charge in [0.25, 0.3) is 0 Å². The zero-order chi connectivity index (χ0) is 32.2. The van der Waals surface area contributed by atoms with E-state index < -0.39 is 5.97 Å². The lowest BCUT2D eigenvalue weighted by Crippen LogP contribution is -2.18. The summed E-state index contributed by atoms with van der Waals surface area (Å²) in [5.41, 5.74) is 0. The van der Waals surface area contributed by atoms with E-state index in [4.69, 9.17) is 9.84 Å². The fourth-order valence-corrected chi connectivity index (χ4v) is 4.86. The number of unbranched alkanes of at least 4 members (excludes halogenated alkanes) is 10. The molecule has 0 fully saturated rings. The van der Waals surface area contributed by atoms with Crippen molar-refractivity contribution in [2.45, 2.75) is 168 Å². The van der Waals surface area contributed by atoms with Gasteiger partial charge >= 0.3 is 11.9 Å². The van der Waals surface area contributed by atoms with Crippen LogP contribution in [-0.2, 0) is 14.3 Å². The number of hydrogen-bond donors (Lipinski definition) is 1. The van der Waals surface area contributed by atoms with Crippen LogP contribution in [0.3, 0.4) is 0 Å². The summed E-state index contributed by atoms with van der Waals surface area (Å²) in [6.45, 7) is 4.40. The molecule has 4 heteroatoms. The maximum absolute atomic E-state index is 12.5. The van der Waals surface area contributed by atoms with Gasteiger partial charge in [0.2, 0.25) is 0 Å². The molecule has 1 N–H and O–H groups in total. The highest BCUT2D eigenvalue weighted by Gasteiger charge is 2.14. The maximum Gasteiger partial charge on any atom is 0.306 e. The molecule has 0 aliphatic heterocycles. The molecule has 4 nitrogen and oxygen atoms in total. The standard InChI is InChI=1S/C40H66O4/c1-3-5-7-9-11-13-14-15-16-17-18-19-20-21-22-23-25-27-33-37-40(43)44-38(35-31-28-29-32-36-39(41)42)34-30-26-24-12-10-8-6-4-2/h5,7,11,13,15-16,18-19,21-22,25,27,38H,3-4,6,8-10,12,14,17,20,23-24,26,28-37H2,1-2H3,(H,41,42)/b7-5-,13-11-,16-15-,19-18-,22-21-,27-25-. The van der Waals surface area contributed by atoms with E-state index in [9.17, 15) is 9.59 Å². The lowest BCUT2D eigenvalue weighted by atomic mass is 10.0. The molecule has 0 saturated carbocycles. The number of carboxylic acids is 1. The monoisotopic (exact) mass is 610 g/mol. The van der Waals surface area contributed by atoms with E-state index in [2.05, 4.69) is 86.8 Å². The second kappa shape index (κ2) is 34.9. The molecule has 0 saturated heterocycles. The highest BCUT2D eigenvalue weighted by molar-refractivity contribution is 5.69. The van der Waals surface area contributed by atoms with Gasteiger partial charge in [-0.05, 0) is 77.0 Å². The fraction of sp³-hybridized carbons (Fsp3) is 0.650. The Bertz CT molecular complexity index is 830. The van der Waals surface area contributed by atoms with E-state index in [0.29, 0.717) is 12.8 Å². The van der Waals surface area contributed by atoms with Crippen molar-refractivity contribution < 1.29 is 19.4 Å². The molecule has 0 rings (SSSR count). The van der Waals surface area contributed by atoms with Gasteiger partial charge in [0.1, 0.15) is 6.10 Å². The van der Waals surface area contributed by atoms with Crippen molar-refractivity contribution in [2.24, 2.45) is 0 Å². The van der Waals surface area contributed by atoms with Gasteiger partial charge in [0.15, 0.2) is 0 Å². The molecule has 0 aromatic carbocycles. The predicted molar refractivity (Wildman–Crippen MR) is 190 cm³/mol. The molecule has 0 aromatic rings. The van der Waals surface area contributed by atoms with Crippen LogP contribution in [0.2, 0.25) is 0 Å². The summed E-state index contributed by atoms with van der Waals surface area (Å²) in [5, 5.41) is 8.81. The number of carboxylic acid groups (broad SMARTS) is 1. The average molecular weight is 611 g/mol. The van der Waals surface area contributed by atoms with E-state index in [1.54, 1.807) is 0 Å². The summed E-state index contributed by atoms with van der Waals surface area (Å²) in [6.07, 6.45) is 49.1. The first-order valence-electron chi connectivity index (χ1n) is 17.9. The van der Waals surface area contributed by atoms with E-state index in [1.165, 1.54) is 44.9 Å². The Kier molecular flexibility index (Phi) is 32.8. The Balaban J connectivity index is 4.13. The molecule has 0 radical (unpaired) electrons. The average Bonchev–Trinajstić information content (AvgIpc) is 3.01. The van der Waals surface area contributed by atoms with Gasteiger partial charge in [0.05, 0.1) is 0 Å². The minimum Gasteiger partial charge on any atom is -0.481 e. The Hall–Kier alpha value is -2.62. The Morgan fingerprint density at radius 3 is 1.39 bits per heavy atom. The van der Waals surface area contributed by atoms with E-state index in [1.807, 2.05) is 0 Å². The molecule has 0 aromatic heterocycles. The first kappa shape index (κ1) is 41.4. The summed E-state index contributed by atoms with van der Waals surface area (Å²) in [6, 6.07) is 0. The smallest absolute Gasteiger partial charge is 0.306 e. The molecule has 0 aliphatic rings.